The molecule has 0 unspecified atom stereocenters. The Morgan fingerprint density at radius 1 is 1.05 bits per heavy atom. The Bertz CT molecular complexity index is 588. The Morgan fingerprint density at radius 3 is 2.36 bits per heavy atom. The van der Waals surface area contributed by atoms with Crippen molar-refractivity contribution < 1.29 is 9.53 Å². The van der Waals surface area contributed by atoms with Crippen LogP contribution in [0.4, 0.5) is 0 Å². The molecule has 116 valence electrons. The van der Waals surface area contributed by atoms with Gasteiger partial charge in [-0.05, 0) is 43.2 Å². The zero-order chi connectivity index (χ0) is 15.8. The van der Waals surface area contributed by atoms with E-state index >= 15 is 0 Å². The molecule has 0 radical (unpaired) electrons. The predicted molar refractivity (Wildman–Crippen MR) is 89.4 cm³/mol. The minimum atomic E-state index is -0.0677. The lowest BCUT2D eigenvalue weighted by Gasteiger charge is -2.08. The van der Waals surface area contributed by atoms with Gasteiger partial charge in [0, 0.05) is 5.56 Å². The summed E-state index contributed by atoms with van der Waals surface area (Å²) in [5.41, 5.74) is 3.14. The van der Waals surface area contributed by atoms with Crippen LogP contribution in [0.15, 0.2) is 48.5 Å². The zero-order valence-electron chi connectivity index (χ0n) is 13.3. The van der Waals surface area contributed by atoms with Crippen molar-refractivity contribution in [3.63, 3.8) is 0 Å². The number of aryl methyl sites for hydroxylation is 2. The third-order valence-electron chi connectivity index (χ3n) is 3.43. The van der Waals surface area contributed by atoms with Gasteiger partial charge in [-0.15, -0.1) is 0 Å². The standard InChI is InChI=1S/C19H23NO2/c1-3-4-16-7-11-18(12-8-16)22-14-13-20-19(21)17-9-5-15(2)6-10-17/h5-12H,3-4,13-14H2,1-2H3,(H,20,21). The van der Waals surface area contributed by atoms with Gasteiger partial charge in [0.2, 0.25) is 0 Å². The topological polar surface area (TPSA) is 38.3 Å². The summed E-state index contributed by atoms with van der Waals surface area (Å²) in [6.45, 7) is 5.12. The van der Waals surface area contributed by atoms with Crippen molar-refractivity contribution in [1.29, 1.82) is 0 Å². The lowest BCUT2D eigenvalue weighted by Crippen LogP contribution is -2.28. The molecule has 1 N–H and O–H groups in total. The zero-order valence-corrected chi connectivity index (χ0v) is 13.3. The van der Waals surface area contributed by atoms with E-state index in [9.17, 15) is 4.79 Å². The average Bonchev–Trinajstić information content (AvgIpc) is 2.54. The van der Waals surface area contributed by atoms with Crippen molar-refractivity contribution in [1.82, 2.24) is 5.32 Å². The lowest BCUT2D eigenvalue weighted by molar-refractivity contribution is 0.0947. The molecule has 3 heteroatoms. The number of carbonyl (C=O) groups excluding carboxylic acids is 1. The Hall–Kier alpha value is -2.29. The third kappa shape index (κ3) is 4.92. The largest absolute Gasteiger partial charge is 0.492 e. The van der Waals surface area contributed by atoms with Gasteiger partial charge in [-0.3, -0.25) is 4.79 Å². The third-order valence-corrected chi connectivity index (χ3v) is 3.43. The summed E-state index contributed by atoms with van der Waals surface area (Å²) in [5, 5.41) is 2.86. The molecule has 2 aromatic carbocycles. The second kappa shape index (κ2) is 8.23. The summed E-state index contributed by atoms with van der Waals surface area (Å²) in [7, 11) is 0. The van der Waals surface area contributed by atoms with Gasteiger partial charge in [0.25, 0.3) is 5.91 Å². The highest BCUT2D eigenvalue weighted by molar-refractivity contribution is 5.94. The number of hydrogen-bond donors (Lipinski definition) is 1. The summed E-state index contributed by atoms with van der Waals surface area (Å²) < 4.78 is 5.63. The van der Waals surface area contributed by atoms with E-state index in [1.165, 1.54) is 5.56 Å². The van der Waals surface area contributed by atoms with Crippen LogP contribution in [0.2, 0.25) is 0 Å². The molecule has 0 atom stereocenters. The van der Waals surface area contributed by atoms with Gasteiger partial charge in [0.15, 0.2) is 0 Å². The number of rotatable bonds is 7. The molecule has 22 heavy (non-hydrogen) atoms. The molecule has 2 aromatic rings. The minimum Gasteiger partial charge on any atom is -0.492 e. The van der Waals surface area contributed by atoms with Gasteiger partial charge in [0.05, 0.1) is 6.54 Å². The Labute approximate surface area is 132 Å². The van der Waals surface area contributed by atoms with Crippen molar-refractivity contribution in [3.05, 3.63) is 65.2 Å². The van der Waals surface area contributed by atoms with Crippen LogP contribution in [0.1, 0.15) is 34.8 Å². The number of hydrogen-bond acceptors (Lipinski definition) is 2. The van der Waals surface area contributed by atoms with Crippen molar-refractivity contribution >= 4 is 5.91 Å². The first-order valence-electron chi connectivity index (χ1n) is 7.75. The van der Waals surface area contributed by atoms with Crippen LogP contribution < -0.4 is 10.1 Å². The second-order valence-corrected chi connectivity index (χ2v) is 5.36. The molecule has 0 bridgehead atoms. The molecule has 0 fully saturated rings. The lowest BCUT2D eigenvalue weighted by atomic mass is 10.1. The summed E-state index contributed by atoms with van der Waals surface area (Å²) in [6.07, 6.45) is 2.23. The summed E-state index contributed by atoms with van der Waals surface area (Å²) in [4.78, 5) is 11.9. The molecule has 2 rings (SSSR count). The maximum atomic E-state index is 11.9. The molecule has 0 aliphatic rings. The number of carbonyl (C=O) groups is 1. The number of nitrogens with one attached hydrogen (secondary N) is 1. The van der Waals surface area contributed by atoms with Crippen LogP contribution in [0.5, 0.6) is 5.75 Å². The van der Waals surface area contributed by atoms with Crippen LogP contribution >= 0.6 is 0 Å². The van der Waals surface area contributed by atoms with Gasteiger partial charge in [-0.25, -0.2) is 0 Å². The minimum absolute atomic E-state index is 0.0677. The molecular formula is C19H23NO2. The first-order valence-corrected chi connectivity index (χ1v) is 7.75. The van der Waals surface area contributed by atoms with Gasteiger partial charge >= 0.3 is 0 Å². The van der Waals surface area contributed by atoms with E-state index in [-0.39, 0.29) is 5.91 Å². The normalized spacial score (nSPS) is 10.3. The van der Waals surface area contributed by atoms with E-state index in [0.717, 1.165) is 24.2 Å². The molecule has 0 aliphatic heterocycles. The molecule has 1 amide bonds. The van der Waals surface area contributed by atoms with E-state index in [0.29, 0.717) is 18.7 Å². The molecule has 0 aromatic heterocycles. The average molecular weight is 297 g/mol. The first kappa shape index (κ1) is 16.1. The molecular weight excluding hydrogens is 274 g/mol. The Kier molecular flexibility index (Phi) is 6.01. The van der Waals surface area contributed by atoms with Crippen molar-refractivity contribution in [2.45, 2.75) is 26.7 Å². The number of benzene rings is 2. The number of ether oxygens (including phenoxy) is 1. The van der Waals surface area contributed by atoms with Gasteiger partial charge < -0.3 is 10.1 Å². The van der Waals surface area contributed by atoms with Gasteiger partial charge in [0.1, 0.15) is 12.4 Å². The molecule has 0 spiro atoms. The van der Waals surface area contributed by atoms with E-state index < -0.39 is 0 Å². The van der Waals surface area contributed by atoms with Crippen LogP contribution in [-0.4, -0.2) is 19.1 Å². The van der Waals surface area contributed by atoms with Gasteiger partial charge in [-0.1, -0.05) is 43.2 Å². The highest BCUT2D eigenvalue weighted by Crippen LogP contribution is 2.13. The van der Waals surface area contributed by atoms with Crippen molar-refractivity contribution in [2.24, 2.45) is 0 Å². The summed E-state index contributed by atoms with van der Waals surface area (Å²) in [5.74, 6) is 0.770. The molecule has 0 aliphatic carbocycles. The Balaban J connectivity index is 1.72. The predicted octanol–water partition coefficient (Wildman–Crippen LogP) is 3.76. The fraction of sp³-hybridized carbons (Fsp3) is 0.316. The Morgan fingerprint density at radius 2 is 1.73 bits per heavy atom. The maximum Gasteiger partial charge on any atom is 0.251 e. The SMILES string of the molecule is CCCc1ccc(OCCNC(=O)c2ccc(C)cc2)cc1. The fourth-order valence-electron chi connectivity index (χ4n) is 2.18. The summed E-state index contributed by atoms with van der Waals surface area (Å²) in [6, 6.07) is 15.7. The first-order chi connectivity index (χ1) is 10.7. The van der Waals surface area contributed by atoms with Gasteiger partial charge in [-0.2, -0.15) is 0 Å². The quantitative estimate of drug-likeness (QED) is 0.790. The molecule has 0 heterocycles. The van der Waals surface area contributed by atoms with E-state index in [4.69, 9.17) is 4.74 Å². The molecule has 0 saturated heterocycles. The van der Waals surface area contributed by atoms with E-state index in [2.05, 4.69) is 24.4 Å². The maximum absolute atomic E-state index is 11.9. The van der Waals surface area contributed by atoms with Crippen LogP contribution in [0.25, 0.3) is 0 Å². The van der Waals surface area contributed by atoms with Crippen molar-refractivity contribution in [3.8, 4) is 5.75 Å². The van der Waals surface area contributed by atoms with Crippen LogP contribution in [0, 0.1) is 6.92 Å². The van der Waals surface area contributed by atoms with Crippen LogP contribution in [-0.2, 0) is 6.42 Å². The molecule has 3 nitrogen and oxygen atoms in total. The van der Waals surface area contributed by atoms with Crippen molar-refractivity contribution in [2.75, 3.05) is 13.2 Å². The van der Waals surface area contributed by atoms with E-state index in [1.807, 2.05) is 43.3 Å². The van der Waals surface area contributed by atoms with E-state index in [1.54, 1.807) is 0 Å². The van der Waals surface area contributed by atoms with Crippen LogP contribution in [0.3, 0.4) is 0 Å². The fourth-order valence-corrected chi connectivity index (χ4v) is 2.18. The monoisotopic (exact) mass is 297 g/mol. The highest BCUT2D eigenvalue weighted by atomic mass is 16.5. The molecule has 0 saturated carbocycles. The summed E-state index contributed by atoms with van der Waals surface area (Å²) >= 11 is 0. The smallest absolute Gasteiger partial charge is 0.251 e. The highest BCUT2D eigenvalue weighted by Gasteiger charge is 2.04. The second-order valence-electron chi connectivity index (χ2n) is 5.36. The number of amides is 1.